The summed E-state index contributed by atoms with van der Waals surface area (Å²) in [6.45, 7) is 0. The molecule has 1 heterocycles. The first-order valence-electron chi connectivity index (χ1n) is 6.50. The van der Waals surface area contributed by atoms with Gasteiger partial charge in [0, 0.05) is 20.3 Å². The topological polar surface area (TPSA) is 45.2 Å². The SMILES string of the molecule is CN(C)c1ccc(C(F)(F)F)cc1NC(=O)c1ccc(Cl)nc1. The lowest BCUT2D eigenvalue weighted by atomic mass is 10.1. The molecule has 2 rings (SSSR count). The summed E-state index contributed by atoms with van der Waals surface area (Å²) in [6.07, 6.45) is -3.24. The normalized spacial score (nSPS) is 11.2. The van der Waals surface area contributed by atoms with Crippen molar-refractivity contribution in [1.82, 2.24) is 4.98 Å². The third kappa shape index (κ3) is 4.13. The number of hydrogen-bond donors (Lipinski definition) is 1. The van der Waals surface area contributed by atoms with E-state index in [4.69, 9.17) is 11.6 Å². The number of rotatable bonds is 3. The molecule has 4 nitrogen and oxygen atoms in total. The van der Waals surface area contributed by atoms with Crippen LogP contribution in [0.3, 0.4) is 0 Å². The molecule has 0 spiro atoms. The van der Waals surface area contributed by atoms with Crippen LogP contribution in [0.1, 0.15) is 15.9 Å². The quantitative estimate of drug-likeness (QED) is 0.854. The van der Waals surface area contributed by atoms with Gasteiger partial charge in [0.15, 0.2) is 0 Å². The number of carbonyl (C=O) groups excluding carboxylic acids is 1. The van der Waals surface area contributed by atoms with Crippen molar-refractivity contribution in [3.63, 3.8) is 0 Å². The highest BCUT2D eigenvalue weighted by Crippen LogP contribution is 2.35. The van der Waals surface area contributed by atoms with Gasteiger partial charge in [0.2, 0.25) is 0 Å². The van der Waals surface area contributed by atoms with Crippen molar-refractivity contribution in [2.24, 2.45) is 0 Å². The van der Waals surface area contributed by atoms with Crippen LogP contribution in [0.5, 0.6) is 0 Å². The van der Waals surface area contributed by atoms with Gasteiger partial charge in [-0.05, 0) is 30.3 Å². The van der Waals surface area contributed by atoms with Crippen molar-refractivity contribution in [1.29, 1.82) is 0 Å². The molecule has 0 saturated heterocycles. The molecule has 1 aromatic carbocycles. The van der Waals surface area contributed by atoms with Gasteiger partial charge in [-0.15, -0.1) is 0 Å². The maximum Gasteiger partial charge on any atom is 0.416 e. The van der Waals surface area contributed by atoms with Gasteiger partial charge in [-0.2, -0.15) is 13.2 Å². The summed E-state index contributed by atoms with van der Waals surface area (Å²) in [6, 6.07) is 6.03. The third-order valence-corrected chi connectivity index (χ3v) is 3.27. The Hall–Kier alpha value is -2.28. The Balaban J connectivity index is 2.36. The van der Waals surface area contributed by atoms with Gasteiger partial charge in [0.05, 0.1) is 22.5 Å². The highest BCUT2D eigenvalue weighted by molar-refractivity contribution is 6.29. The zero-order valence-corrected chi connectivity index (χ0v) is 13.0. The second-order valence-electron chi connectivity index (χ2n) is 4.95. The lowest BCUT2D eigenvalue weighted by molar-refractivity contribution is -0.137. The molecule has 0 aliphatic rings. The van der Waals surface area contributed by atoms with Gasteiger partial charge in [-0.3, -0.25) is 4.79 Å². The van der Waals surface area contributed by atoms with E-state index in [0.717, 1.165) is 12.1 Å². The summed E-state index contributed by atoms with van der Waals surface area (Å²) in [4.78, 5) is 17.5. The molecule has 0 atom stereocenters. The van der Waals surface area contributed by atoms with Gasteiger partial charge in [0.1, 0.15) is 5.15 Å². The van der Waals surface area contributed by atoms with Gasteiger partial charge >= 0.3 is 6.18 Å². The highest BCUT2D eigenvalue weighted by Gasteiger charge is 2.31. The molecule has 122 valence electrons. The average molecular weight is 344 g/mol. The maximum atomic E-state index is 12.9. The molecule has 1 aromatic heterocycles. The number of pyridine rings is 1. The molecule has 23 heavy (non-hydrogen) atoms. The second kappa shape index (κ2) is 6.45. The van der Waals surface area contributed by atoms with Crippen molar-refractivity contribution >= 4 is 28.9 Å². The number of nitrogens with one attached hydrogen (secondary N) is 1. The lowest BCUT2D eigenvalue weighted by Gasteiger charge is -2.19. The summed E-state index contributed by atoms with van der Waals surface area (Å²) in [7, 11) is 3.34. The largest absolute Gasteiger partial charge is 0.416 e. The van der Waals surface area contributed by atoms with Gasteiger partial charge in [-0.25, -0.2) is 4.98 Å². The first kappa shape index (κ1) is 17.1. The predicted octanol–water partition coefficient (Wildman–Crippen LogP) is 4.07. The zero-order valence-electron chi connectivity index (χ0n) is 12.3. The number of anilines is 2. The lowest BCUT2D eigenvalue weighted by Crippen LogP contribution is -2.18. The van der Waals surface area contributed by atoms with Gasteiger partial charge in [-0.1, -0.05) is 11.6 Å². The van der Waals surface area contributed by atoms with Gasteiger partial charge in [0.25, 0.3) is 5.91 Å². The molecular formula is C15H13ClF3N3O. The van der Waals surface area contributed by atoms with Crippen molar-refractivity contribution in [2.45, 2.75) is 6.18 Å². The molecule has 0 fully saturated rings. The minimum Gasteiger partial charge on any atom is -0.376 e. The molecule has 2 aromatic rings. The summed E-state index contributed by atoms with van der Waals surface area (Å²) >= 11 is 5.64. The molecule has 1 N–H and O–H groups in total. The molecule has 1 amide bonds. The standard InChI is InChI=1S/C15H13ClF3N3O/c1-22(2)12-5-4-10(15(17,18)19)7-11(12)21-14(23)9-3-6-13(16)20-8-9/h3-8H,1-2H3,(H,21,23). The van der Waals surface area contributed by atoms with Crippen LogP contribution in [0.2, 0.25) is 5.15 Å². The number of amides is 1. The van der Waals surface area contributed by atoms with E-state index in [-0.39, 0.29) is 16.4 Å². The summed E-state index contributed by atoms with van der Waals surface area (Å²) in [5.74, 6) is -0.573. The van der Waals surface area contributed by atoms with Crippen molar-refractivity contribution in [2.75, 3.05) is 24.3 Å². The van der Waals surface area contributed by atoms with Crippen molar-refractivity contribution < 1.29 is 18.0 Å². The second-order valence-corrected chi connectivity index (χ2v) is 5.34. The summed E-state index contributed by atoms with van der Waals surface area (Å²) < 4.78 is 38.6. The number of hydrogen-bond acceptors (Lipinski definition) is 3. The molecule has 0 aliphatic heterocycles. The van der Waals surface area contributed by atoms with E-state index in [2.05, 4.69) is 10.3 Å². The van der Waals surface area contributed by atoms with Crippen LogP contribution in [0.15, 0.2) is 36.5 Å². The Bertz CT molecular complexity index is 715. The number of carbonyl (C=O) groups is 1. The monoisotopic (exact) mass is 343 g/mol. The van der Waals surface area contributed by atoms with Crippen LogP contribution in [-0.4, -0.2) is 25.0 Å². The minimum atomic E-state index is -4.49. The highest BCUT2D eigenvalue weighted by atomic mass is 35.5. The predicted molar refractivity (Wildman–Crippen MR) is 83.0 cm³/mol. The number of halogens is 4. The maximum absolute atomic E-state index is 12.9. The molecule has 0 bridgehead atoms. The Morgan fingerprint density at radius 3 is 2.43 bits per heavy atom. The van der Waals surface area contributed by atoms with E-state index in [1.165, 1.54) is 24.4 Å². The molecule has 0 unspecified atom stereocenters. The van der Waals surface area contributed by atoms with Crippen LogP contribution in [0, 0.1) is 0 Å². The fourth-order valence-corrected chi connectivity index (χ4v) is 2.02. The van der Waals surface area contributed by atoms with Gasteiger partial charge < -0.3 is 10.2 Å². The number of aromatic nitrogens is 1. The smallest absolute Gasteiger partial charge is 0.376 e. The van der Waals surface area contributed by atoms with E-state index < -0.39 is 17.6 Å². The van der Waals surface area contributed by atoms with Crippen molar-refractivity contribution in [3.8, 4) is 0 Å². The molecular weight excluding hydrogens is 331 g/mol. The van der Waals surface area contributed by atoms with Crippen LogP contribution < -0.4 is 10.2 Å². The fourth-order valence-electron chi connectivity index (χ4n) is 1.91. The van der Waals surface area contributed by atoms with E-state index in [9.17, 15) is 18.0 Å². The Morgan fingerprint density at radius 1 is 1.22 bits per heavy atom. The molecule has 0 radical (unpaired) electrons. The Kier molecular flexibility index (Phi) is 4.79. The Morgan fingerprint density at radius 2 is 1.91 bits per heavy atom. The van der Waals surface area contributed by atoms with Crippen molar-refractivity contribution in [3.05, 3.63) is 52.8 Å². The molecule has 0 saturated carbocycles. The Labute approximate surface area is 135 Å². The average Bonchev–Trinajstić information content (AvgIpc) is 2.46. The molecule has 8 heteroatoms. The van der Waals surface area contributed by atoms with Crippen LogP contribution in [0.4, 0.5) is 24.5 Å². The van der Waals surface area contributed by atoms with E-state index in [1.54, 1.807) is 19.0 Å². The van der Waals surface area contributed by atoms with E-state index in [0.29, 0.717) is 5.69 Å². The number of alkyl halides is 3. The van der Waals surface area contributed by atoms with E-state index >= 15 is 0 Å². The number of benzene rings is 1. The minimum absolute atomic E-state index is 0.0600. The van der Waals surface area contributed by atoms with E-state index in [1.807, 2.05) is 0 Å². The molecule has 0 aliphatic carbocycles. The number of nitrogens with zero attached hydrogens (tertiary/aromatic N) is 2. The first-order valence-corrected chi connectivity index (χ1v) is 6.88. The van der Waals surface area contributed by atoms with Crippen LogP contribution in [-0.2, 0) is 6.18 Å². The van der Waals surface area contributed by atoms with Crippen LogP contribution >= 0.6 is 11.6 Å². The first-order chi connectivity index (χ1) is 10.7. The van der Waals surface area contributed by atoms with Crippen LogP contribution in [0.25, 0.3) is 0 Å². The fraction of sp³-hybridized carbons (Fsp3) is 0.200. The zero-order chi connectivity index (χ0) is 17.2. The summed E-state index contributed by atoms with van der Waals surface area (Å²) in [5.41, 5.74) is -0.137. The summed E-state index contributed by atoms with van der Waals surface area (Å²) in [5, 5.41) is 2.69. The third-order valence-electron chi connectivity index (χ3n) is 3.04.